The molecule has 1 fully saturated rings. The lowest BCUT2D eigenvalue weighted by molar-refractivity contribution is -0.132. The predicted molar refractivity (Wildman–Crippen MR) is 119 cm³/mol. The smallest absolute Gasteiger partial charge is 0.257 e. The molecule has 172 valence electrons. The lowest BCUT2D eigenvalue weighted by Gasteiger charge is -2.14. The Labute approximate surface area is 190 Å². The van der Waals surface area contributed by atoms with E-state index < -0.39 is 11.3 Å². The van der Waals surface area contributed by atoms with Crippen molar-refractivity contribution in [3.05, 3.63) is 42.6 Å². The van der Waals surface area contributed by atoms with Crippen LogP contribution in [-0.4, -0.2) is 49.2 Å². The van der Waals surface area contributed by atoms with E-state index >= 15 is 0 Å². The monoisotopic (exact) mass is 452 g/mol. The van der Waals surface area contributed by atoms with E-state index in [4.69, 9.17) is 24.7 Å². The maximum atomic E-state index is 12.3. The number of fused-ring (bicyclic) bond motifs is 1. The second-order valence-corrected chi connectivity index (χ2v) is 7.54. The average Bonchev–Trinajstić information content (AvgIpc) is 3.63. The first kappa shape index (κ1) is 22.3. The van der Waals surface area contributed by atoms with Crippen LogP contribution in [0.15, 0.2) is 42.6 Å². The maximum Gasteiger partial charge on any atom is 0.257 e. The van der Waals surface area contributed by atoms with Crippen molar-refractivity contribution in [1.29, 1.82) is 0 Å². The van der Waals surface area contributed by atoms with Crippen molar-refractivity contribution in [2.45, 2.75) is 12.8 Å². The van der Waals surface area contributed by atoms with E-state index in [9.17, 15) is 9.59 Å². The third-order valence-corrected chi connectivity index (χ3v) is 5.34. The summed E-state index contributed by atoms with van der Waals surface area (Å²) in [5, 5.41) is 2.73. The van der Waals surface area contributed by atoms with Crippen LogP contribution in [0.2, 0.25) is 0 Å². The number of aromatic nitrogens is 2. The molecule has 0 atom stereocenters. The third kappa shape index (κ3) is 4.65. The normalized spacial score (nSPS) is 13.9. The Morgan fingerprint density at radius 1 is 1.09 bits per heavy atom. The molecule has 0 saturated heterocycles. The molecule has 0 aliphatic heterocycles. The van der Waals surface area contributed by atoms with Crippen LogP contribution in [0, 0.1) is 5.41 Å². The lowest BCUT2D eigenvalue weighted by Crippen LogP contribution is -2.36. The number of benzene rings is 1. The van der Waals surface area contributed by atoms with Gasteiger partial charge in [-0.1, -0.05) is 0 Å². The summed E-state index contributed by atoms with van der Waals surface area (Å²) in [5.41, 5.74) is 5.89. The number of ether oxygens (including phenoxy) is 4. The fourth-order valence-electron chi connectivity index (χ4n) is 3.27. The van der Waals surface area contributed by atoms with Crippen LogP contribution in [0.25, 0.3) is 11.0 Å². The Balaban J connectivity index is 1.51. The van der Waals surface area contributed by atoms with Gasteiger partial charge in [-0.3, -0.25) is 14.6 Å². The van der Waals surface area contributed by atoms with Crippen molar-refractivity contribution in [2.75, 3.05) is 32.8 Å². The first-order valence-corrected chi connectivity index (χ1v) is 10.3. The zero-order valence-electron chi connectivity index (χ0n) is 18.3. The number of anilines is 1. The van der Waals surface area contributed by atoms with Gasteiger partial charge in [-0.2, -0.15) is 0 Å². The molecule has 0 unspecified atom stereocenters. The molecule has 0 spiro atoms. The molecular formula is C23H24N4O6. The summed E-state index contributed by atoms with van der Waals surface area (Å²) in [6.07, 6.45) is 2.55. The van der Waals surface area contributed by atoms with Crippen molar-refractivity contribution < 1.29 is 28.5 Å². The van der Waals surface area contributed by atoms with Gasteiger partial charge in [-0.25, -0.2) is 4.98 Å². The summed E-state index contributed by atoms with van der Waals surface area (Å²) >= 11 is 0. The highest BCUT2D eigenvalue weighted by Crippen LogP contribution is 2.46. The summed E-state index contributed by atoms with van der Waals surface area (Å²) < 4.78 is 22.0. The van der Waals surface area contributed by atoms with E-state index in [0.717, 1.165) is 0 Å². The van der Waals surface area contributed by atoms with E-state index in [1.54, 1.807) is 49.7 Å². The fraction of sp³-hybridized carbons (Fsp3) is 0.304. The molecule has 1 aliphatic rings. The molecule has 2 aromatic heterocycles. The van der Waals surface area contributed by atoms with Crippen LogP contribution >= 0.6 is 0 Å². The zero-order chi connectivity index (χ0) is 23.4. The summed E-state index contributed by atoms with van der Waals surface area (Å²) in [7, 11) is 3.10. The number of hydrogen-bond acceptors (Lipinski definition) is 8. The number of carbonyl (C=O) groups is 2. The summed E-state index contributed by atoms with van der Waals surface area (Å²) in [6, 6.07) is 10.2. The van der Waals surface area contributed by atoms with Crippen molar-refractivity contribution in [3.63, 3.8) is 0 Å². The summed E-state index contributed by atoms with van der Waals surface area (Å²) in [4.78, 5) is 32.7. The topological polar surface area (TPSA) is 135 Å². The number of amides is 2. The van der Waals surface area contributed by atoms with Gasteiger partial charge in [-0.05, 0) is 37.1 Å². The van der Waals surface area contributed by atoms with Gasteiger partial charge in [0.05, 0.1) is 19.2 Å². The molecule has 33 heavy (non-hydrogen) atoms. The number of nitrogens with zero attached hydrogens (tertiary/aromatic N) is 2. The number of methoxy groups -OCH3 is 2. The minimum absolute atomic E-state index is 0.304. The Bertz CT molecular complexity index is 1180. The quantitative estimate of drug-likeness (QED) is 0.354. The molecule has 10 nitrogen and oxygen atoms in total. The Hall–Kier alpha value is -3.92. The van der Waals surface area contributed by atoms with Crippen LogP contribution < -0.4 is 25.3 Å². The number of rotatable bonds is 10. The number of pyridine rings is 2. The van der Waals surface area contributed by atoms with Gasteiger partial charge >= 0.3 is 0 Å². The Kier molecular flexibility index (Phi) is 6.27. The summed E-state index contributed by atoms with van der Waals surface area (Å²) in [5.74, 6) is 0.777. The van der Waals surface area contributed by atoms with E-state index in [1.165, 1.54) is 7.11 Å². The van der Waals surface area contributed by atoms with Crippen LogP contribution in [0.3, 0.4) is 0 Å². The number of primary amides is 1. The maximum absolute atomic E-state index is 12.3. The molecule has 10 heteroatoms. The molecule has 3 aromatic rings. The van der Waals surface area contributed by atoms with Crippen molar-refractivity contribution in [2.24, 2.45) is 11.1 Å². The van der Waals surface area contributed by atoms with Crippen molar-refractivity contribution in [1.82, 2.24) is 9.97 Å². The van der Waals surface area contributed by atoms with E-state index in [1.807, 2.05) is 0 Å². The van der Waals surface area contributed by atoms with Crippen molar-refractivity contribution >= 4 is 28.5 Å². The zero-order valence-corrected chi connectivity index (χ0v) is 18.3. The van der Waals surface area contributed by atoms with Gasteiger partial charge in [0.1, 0.15) is 23.3 Å². The molecule has 1 aliphatic carbocycles. The Morgan fingerprint density at radius 3 is 2.48 bits per heavy atom. The van der Waals surface area contributed by atoms with E-state index in [0.29, 0.717) is 65.9 Å². The summed E-state index contributed by atoms with van der Waals surface area (Å²) in [6.45, 7) is 0.775. The van der Waals surface area contributed by atoms with Gasteiger partial charge < -0.3 is 30.0 Å². The molecule has 0 bridgehead atoms. The minimum Gasteiger partial charge on any atom is -0.485 e. The molecular weight excluding hydrogens is 428 g/mol. The molecule has 3 N–H and O–H groups in total. The average molecular weight is 452 g/mol. The predicted octanol–water partition coefficient (Wildman–Crippen LogP) is 2.66. The molecule has 4 rings (SSSR count). The molecule has 1 saturated carbocycles. The second-order valence-electron chi connectivity index (χ2n) is 7.54. The lowest BCUT2D eigenvalue weighted by atomic mass is 10.1. The highest BCUT2D eigenvalue weighted by atomic mass is 16.5. The second kappa shape index (κ2) is 9.29. The van der Waals surface area contributed by atoms with E-state index in [-0.39, 0.29) is 5.91 Å². The van der Waals surface area contributed by atoms with Gasteiger partial charge in [0.25, 0.3) is 5.88 Å². The van der Waals surface area contributed by atoms with Crippen LogP contribution in [0.4, 0.5) is 5.69 Å². The van der Waals surface area contributed by atoms with Gasteiger partial charge in [0.15, 0.2) is 11.5 Å². The SMILES string of the molecule is COCCOc1cc2nccc(Oc3ccc(NC(=O)C4(C(N)=O)CC4)cc3)c2nc1OC. The highest BCUT2D eigenvalue weighted by molar-refractivity contribution is 6.12. The number of hydrogen-bond donors (Lipinski definition) is 2. The van der Waals surface area contributed by atoms with E-state index in [2.05, 4.69) is 15.3 Å². The van der Waals surface area contributed by atoms with Gasteiger partial charge in [0, 0.05) is 31.1 Å². The third-order valence-electron chi connectivity index (χ3n) is 5.34. The number of nitrogens with two attached hydrogens (primary N) is 1. The fourth-order valence-corrected chi connectivity index (χ4v) is 3.27. The molecule has 2 amide bonds. The molecule has 2 heterocycles. The number of carbonyl (C=O) groups excluding carboxylic acids is 2. The van der Waals surface area contributed by atoms with Crippen LogP contribution in [-0.2, 0) is 14.3 Å². The molecule has 0 radical (unpaired) electrons. The van der Waals surface area contributed by atoms with Gasteiger partial charge in [0.2, 0.25) is 11.8 Å². The standard InChI is InChI=1S/C23H24N4O6/c1-30-11-12-32-18-13-16-19(27-20(18)31-2)17(7-10-25-16)33-15-5-3-14(4-6-15)26-22(29)23(8-9-23)21(24)28/h3-7,10,13H,8-9,11-12H2,1-2H3,(H2,24,28)(H,26,29). The van der Waals surface area contributed by atoms with Crippen LogP contribution in [0.5, 0.6) is 23.1 Å². The highest BCUT2D eigenvalue weighted by Gasteiger charge is 2.55. The minimum atomic E-state index is -1.08. The van der Waals surface area contributed by atoms with Crippen LogP contribution in [0.1, 0.15) is 12.8 Å². The largest absolute Gasteiger partial charge is 0.485 e. The molecule has 1 aromatic carbocycles. The first-order chi connectivity index (χ1) is 16.0. The first-order valence-electron chi connectivity index (χ1n) is 10.3. The Morgan fingerprint density at radius 2 is 1.85 bits per heavy atom. The number of nitrogens with one attached hydrogen (secondary N) is 1. The van der Waals surface area contributed by atoms with Crippen molar-refractivity contribution in [3.8, 4) is 23.1 Å². The van der Waals surface area contributed by atoms with Gasteiger partial charge in [-0.15, -0.1) is 0 Å².